The number of aliphatic imine (C=N–C) groups is 1. The molecule has 8 nitrogen and oxygen atoms in total. The Morgan fingerprint density at radius 1 is 1.25 bits per heavy atom. The van der Waals surface area contributed by atoms with Gasteiger partial charge in [0, 0.05) is 38.5 Å². The Bertz CT molecular complexity index is 831. The number of nitrogens with zero attached hydrogens (tertiary/aromatic N) is 3. The average Bonchev–Trinajstić information content (AvgIpc) is 3.27. The van der Waals surface area contributed by atoms with Gasteiger partial charge in [-0.2, -0.15) is 5.10 Å². The molecule has 2 aromatic rings. The number of hydrogen-bond acceptors (Lipinski definition) is 5. The fraction of sp³-hybridized carbons (Fsp3) is 0.500. The van der Waals surface area contributed by atoms with E-state index in [0.29, 0.717) is 19.9 Å². The van der Waals surface area contributed by atoms with Gasteiger partial charge in [0.05, 0.1) is 18.8 Å². The van der Waals surface area contributed by atoms with E-state index in [1.54, 1.807) is 14.2 Å². The summed E-state index contributed by atoms with van der Waals surface area (Å²) in [5.74, 6) is 2.39. The number of methoxy groups -OCH3 is 1. The Balaban J connectivity index is 1.49. The summed E-state index contributed by atoms with van der Waals surface area (Å²) in [5.41, 5.74) is 4.56. The highest BCUT2D eigenvalue weighted by atomic mass is 16.7. The second-order valence-corrected chi connectivity index (χ2v) is 6.66. The molecule has 1 aliphatic rings. The number of aryl methyl sites for hydroxylation is 1. The highest BCUT2D eigenvalue weighted by Gasteiger charge is 2.14. The molecule has 0 saturated heterocycles. The molecule has 0 saturated carbocycles. The van der Waals surface area contributed by atoms with Crippen molar-refractivity contribution in [2.75, 3.05) is 34.1 Å². The molecule has 0 amide bonds. The monoisotopic (exact) mass is 387 g/mol. The van der Waals surface area contributed by atoms with Crippen molar-refractivity contribution in [1.82, 2.24) is 20.4 Å². The van der Waals surface area contributed by atoms with Gasteiger partial charge in [0.2, 0.25) is 6.79 Å². The Kier molecular flexibility index (Phi) is 6.76. The molecule has 0 unspecified atom stereocenters. The van der Waals surface area contributed by atoms with Gasteiger partial charge in [0.1, 0.15) is 0 Å². The van der Waals surface area contributed by atoms with Crippen LogP contribution in [0, 0.1) is 13.8 Å². The first kappa shape index (κ1) is 20.0. The first-order valence-corrected chi connectivity index (χ1v) is 9.47. The van der Waals surface area contributed by atoms with E-state index < -0.39 is 0 Å². The summed E-state index contributed by atoms with van der Waals surface area (Å²) in [6, 6.07) is 6.05. The molecule has 3 rings (SSSR count). The molecule has 1 aliphatic heterocycles. The highest BCUT2D eigenvalue weighted by molar-refractivity contribution is 5.79. The first-order valence-electron chi connectivity index (χ1n) is 9.47. The number of rotatable bonds is 8. The van der Waals surface area contributed by atoms with Crippen LogP contribution < -0.4 is 20.1 Å². The molecule has 28 heavy (non-hydrogen) atoms. The van der Waals surface area contributed by atoms with Gasteiger partial charge in [-0.05, 0) is 38.0 Å². The van der Waals surface area contributed by atoms with Gasteiger partial charge >= 0.3 is 0 Å². The van der Waals surface area contributed by atoms with Crippen molar-refractivity contribution in [3.63, 3.8) is 0 Å². The predicted molar refractivity (Wildman–Crippen MR) is 108 cm³/mol. The van der Waals surface area contributed by atoms with Gasteiger partial charge in [-0.15, -0.1) is 0 Å². The quantitative estimate of drug-likeness (QED) is 0.531. The number of hydrogen-bond donors (Lipinski definition) is 2. The van der Waals surface area contributed by atoms with Crippen LogP contribution in [0.15, 0.2) is 23.2 Å². The van der Waals surface area contributed by atoms with Crippen molar-refractivity contribution in [3.8, 4) is 11.5 Å². The van der Waals surface area contributed by atoms with Crippen molar-refractivity contribution in [2.24, 2.45) is 4.99 Å². The number of nitrogens with one attached hydrogen (secondary N) is 2. The summed E-state index contributed by atoms with van der Waals surface area (Å²) in [7, 11) is 3.48. The Morgan fingerprint density at radius 3 is 2.86 bits per heavy atom. The van der Waals surface area contributed by atoms with Gasteiger partial charge < -0.3 is 24.8 Å². The van der Waals surface area contributed by atoms with Gasteiger partial charge in [-0.25, -0.2) is 0 Å². The fourth-order valence-electron chi connectivity index (χ4n) is 3.20. The maximum absolute atomic E-state index is 5.43. The van der Waals surface area contributed by atoms with E-state index in [1.165, 1.54) is 11.1 Å². The predicted octanol–water partition coefficient (Wildman–Crippen LogP) is 1.78. The van der Waals surface area contributed by atoms with E-state index in [4.69, 9.17) is 14.2 Å². The average molecular weight is 387 g/mol. The van der Waals surface area contributed by atoms with Crippen molar-refractivity contribution in [3.05, 3.63) is 40.7 Å². The summed E-state index contributed by atoms with van der Waals surface area (Å²) < 4.78 is 17.9. The van der Waals surface area contributed by atoms with Crippen LogP contribution in [0.2, 0.25) is 0 Å². The third-order valence-corrected chi connectivity index (χ3v) is 4.84. The second-order valence-electron chi connectivity index (χ2n) is 6.66. The third-order valence-electron chi connectivity index (χ3n) is 4.84. The Morgan fingerprint density at radius 2 is 2.07 bits per heavy atom. The molecular weight excluding hydrogens is 358 g/mol. The standard InChI is InChI=1S/C20H29N5O3/c1-14-17(15(2)25(24-14)9-10-26-4)12-23-20(21-3)22-8-7-16-5-6-18-19(11-16)28-13-27-18/h5-6,11H,7-10,12-13H2,1-4H3,(H2,21,22,23). The van der Waals surface area contributed by atoms with E-state index in [0.717, 1.165) is 48.4 Å². The van der Waals surface area contributed by atoms with Gasteiger partial charge in [0.15, 0.2) is 17.5 Å². The fourth-order valence-corrected chi connectivity index (χ4v) is 3.20. The van der Waals surface area contributed by atoms with Gasteiger partial charge in [-0.1, -0.05) is 6.07 Å². The molecule has 1 aromatic carbocycles. The molecule has 0 fully saturated rings. The van der Waals surface area contributed by atoms with Gasteiger partial charge in [-0.3, -0.25) is 9.67 Å². The van der Waals surface area contributed by atoms with Crippen LogP contribution >= 0.6 is 0 Å². The van der Waals surface area contributed by atoms with E-state index in [2.05, 4.69) is 33.7 Å². The van der Waals surface area contributed by atoms with E-state index in [9.17, 15) is 0 Å². The van der Waals surface area contributed by atoms with Crippen LogP contribution in [0.1, 0.15) is 22.5 Å². The minimum absolute atomic E-state index is 0.300. The lowest BCUT2D eigenvalue weighted by atomic mass is 10.1. The number of aromatic nitrogens is 2. The zero-order chi connectivity index (χ0) is 19.9. The van der Waals surface area contributed by atoms with Crippen molar-refractivity contribution >= 4 is 5.96 Å². The maximum atomic E-state index is 5.43. The number of ether oxygens (including phenoxy) is 3. The van der Waals surface area contributed by atoms with E-state index in [-0.39, 0.29) is 0 Å². The van der Waals surface area contributed by atoms with E-state index in [1.807, 2.05) is 23.7 Å². The Hall–Kier alpha value is -2.74. The maximum Gasteiger partial charge on any atom is 0.231 e. The molecule has 0 spiro atoms. The zero-order valence-electron chi connectivity index (χ0n) is 17.0. The number of fused-ring (bicyclic) bond motifs is 1. The first-order chi connectivity index (χ1) is 13.6. The largest absolute Gasteiger partial charge is 0.454 e. The highest BCUT2D eigenvalue weighted by Crippen LogP contribution is 2.32. The minimum Gasteiger partial charge on any atom is -0.454 e. The molecule has 8 heteroatoms. The second kappa shape index (κ2) is 9.45. The smallest absolute Gasteiger partial charge is 0.231 e. The van der Waals surface area contributed by atoms with Crippen LogP contribution in [0.5, 0.6) is 11.5 Å². The van der Waals surface area contributed by atoms with Crippen LogP contribution in [0.25, 0.3) is 0 Å². The van der Waals surface area contributed by atoms with Crippen LogP contribution in [-0.4, -0.2) is 49.8 Å². The molecule has 0 aliphatic carbocycles. The summed E-state index contributed by atoms with van der Waals surface area (Å²) >= 11 is 0. The molecule has 1 aromatic heterocycles. The minimum atomic E-state index is 0.300. The summed E-state index contributed by atoms with van der Waals surface area (Å²) in [5, 5.41) is 11.3. The van der Waals surface area contributed by atoms with Crippen LogP contribution in [0.4, 0.5) is 0 Å². The van der Waals surface area contributed by atoms with Gasteiger partial charge in [0.25, 0.3) is 0 Å². The third kappa shape index (κ3) is 4.75. The Labute approximate surface area is 165 Å². The molecule has 0 atom stereocenters. The summed E-state index contributed by atoms with van der Waals surface area (Å²) in [6.45, 7) is 7.27. The number of guanidine groups is 1. The van der Waals surface area contributed by atoms with Crippen molar-refractivity contribution < 1.29 is 14.2 Å². The van der Waals surface area contributed by atoms with E-state index >= 15 is 0 Å². The molecular formula is C20H29N5O3. The summed E-state index contributed by atoms with van der Waals surface area (Å²) in [4.78, 5) is 4.31. The lowest BCUT2D eigenvalue weighted by Gasteiger charge is -2.12. The topological polar surface area (TPSA) is 81.9 Å². The van der Waals surface area contributed by atoms with Crippen LogP contribution in [-0.2, 0) is 24.2 Å². The lowest BCUT2D eigenvalue weighted by Crippen LogP contribution is -2.38. The van der Waals surface area contributed by atoms with Crippen LogP contribution in [0.3, 0.4) is 0 Å². The number of benzene rings is 1. The zero-order valence-corrected chi connectivity index (χ0v) is 17.0. The SMILES string of the molecule is CN=C(NCCc1ccc2c(c1)OCO2)NCc1c(C)nn(CCOC)c1C. The molecule has 0 bridgehead atoms. The molecule has 152 valence electrons. The molecule has 2 N–H and O–H groups in total. The summed E-state index contributed by atoms with van der Waals surface area (Å²) in [6.07, 6.45) is 0.865. The van der Waals surface area contributed by atoms with Crippen molar-refractivity contribution in [1.29, 1.82) is 0 Å². The van der Waals surface area contributed by atoms with Crippen molar-refractivity contribution in [2.45, 2.75) is 33.4 Å². The molecule has 0 radical (unpaired) electrons. The molecule has 2 heterocycles. The normalized spacial score (nSPS) is 13.1. The lowest BCUT2D eigenvalue weighted by molar-refractivity contribution is 0.174.